The Balaban J connectivity index is 1.21. The van der Waals surface area contributed by atoms with E-state index < -0.39 is 5.41 Å². The summed E-state index contributed by atoms with van der Waals surface area (Å²) in [7, 11) is 0. The number of nitrogens with zero attached hydrogens (tertiary/aromatic N) is 3. The van der Waals surface area contributed by atoms with Crippen molar-refractivity contribution in [1.82, 2.24) is 15.0 Å². The summed E-state index contributed by atoms with van der Waals surface area (Å²) >= 11 is 1.86. The molecule has 3 heterocycles. The van der Waals surface area contributed by atoms with Gasteiger partial charge in [-0.1, -0.05) is 145 Å². The van der Waals surface area contributed by atoms with Crippen LogP contribution in [0.15, 0.2) is 186 Å². The van der Waals surface area contributed by atoms with Crippen LogP contribution in [0.4, 0.5) is 0 Å². The maximum absolute atomic E-state index is 5.19. The quantitative estimate of drug-likeness (QED) is 0.189. The molecule has 50 heavy (non-hydrogen) atoms. The minimum Gasteiger partial charge on any atom is -0.255 e. The molecule has 0 saturated heterocycles. The highest BCUT2D eigenvalue weighted by atomic mass is 32.2. The van der Waals surface area contributed by atoms with Crippen LogP contribution in [0, 0.1) is 0 Å². The van der Waals surface area contributed by atoms with E-state index in [-0.39, 0.29) is 0 Å². The van der Waals surface area contributed by atoms with Gasteiger partial charge in [-0.25, -0.2) is 9.97 Å². The molecule has 0 unspecified atom stereocenters. The first-order valence-corrected chi connectivity index (χ1v) is 17.7. The highest BCUT2D eigenvalue weighted by molar-refractivity contribution is 7.99. The Kier molecular flexibility index (Phi) is 6.64. The van der Waals surface area contributed by atoms with Crippen LogP contribution in [-0.4, -0.2) is 15.0 Å². The summed E-state index contributed by atoms with van der Waals surface area (Å²) in [5.41, 5.74) is 14.2. The van der Waals surface area contributed by atoms with Crippen molar-refractivity contribution in [3.8, 4) is 56.3 Å². The lowest BCUT2D eigenvalue weighted by Gasteiger charge is -2.40. The van der Waals surface area contributed by atoms with E-state index in [2.05, 4.69) is 132 Å². The average Bonchev–Trinajstić information content (AvgIpc) is 3.49. The molecule has 0 N–H and O–H groups in total. The van der Waals surface area contributed by atoms with E-state index in [1.54, 1.807) is 0 Å². The maximum atomic E-state index is 5.19. The Morgan fingerprint density at radius 1 is 0.380 bits per heavy atom. The van der Waals surface area contributed by atoms with Gasteiger partial charge in [-0.2, -0.15) is 0 Å². The number of hydrogen-bond donors (Lipinski definition) is 0. The van der Waals surface area contributed by atoms with E-state index in [0.29, 0.717) is 5.82 Å². The summed E-state index contributed by atoms with van der Waals surface area (Å²) in [6.45, 7) is 0. The lowest BCUT2D eigenvalue weighted by Crippen LogP contribution is -2.32. The van der Waals surface area contributed by atoms with E-state index in [9.17, 15) is 0 Å². The summed E-state index contributed by atoms with van der Waals surface area (Å²) in [5.74, 6) is 0.673. The molecule has 8 aromatic rings. The van der Waals surface area contributed by atoms with Crippen LogP contribution in [-0.2, 0) is 5.41 Å². The van der Waals surface area contributed by atoms with Gasteiger partial charge in [0.1, 0.15) is 0 Å². The second-order valence-electron chi connectivity index (χ2n) is 12.7. The summed E-state index contributed by atoms with van der Waals surface area (Å²) in [6.07, 6.45) is 1.81. The van der Waals surface area contributed by atoms with Crippen LogP contribution in [0.25, 0.3) is 56.3 Å². The fraction of sp³-hybridized carbons (Fsp3) is 0.0217. The topological polar surface area (TPSA) is 38.7 Å². The Hall–Kier alpha value is -6.10. The second kappa shape index (κ2) is 11.5. The first-order valence-electron chi connectivity index (χ1n) is 16.9. The standard InChI is InChI=1S/C46H29N3S/c1-2-14-30(15-3-1)41-29-42(40-23-12-13-27-47-40)49-45(48-41)35-19-5-4-16-32(35)31-25-26-44-39(28-31)46(38-22-10-11-24-43(38)50-44)36-20-8-6-17-33(36)34-18-7-9-21-37(34)46/h1-29H. The van der Waals surface area contributed by atoms with Gasteiger partial charge in [0.25, 0.3) is 0 Å². The van der Waals surface area contributed by atoms with Crippen LogP contribution < -0.4 is 0 Å². The summed E-state index contributed by atoms with van der Waals surface area (Å²) in [6, 6.07) is 60.7. The maximum Gasteiger partial charge on any atom is 0.161 e. The van der Waals surface area contributed by atoms with Crippen molar-refractivity contribution >= 4 is 11.8 Å². The van der Waals surface area contributed by atoms with Gasteiger partial charge in [-0.05, 0) is 80.9 Å². The minimum atomic E-state index is -0.439. The largest absolute Gasteiger partial charge is 0.255 e. The van der Waals surface area contributed by atoms with Crippen LogP contribution in [0.3, 0.4) is 0 Å². The number of benzene rings is 6. The Morgan fingerprint density at radius 3 is 1.72 bits per heavy atom. The molecule has 6 aromatic carbocycles. The third-order valence-electron chi connectivity index (χ3n) is 10.0. The van der Waals surface area contributed by atoms with Crippen LogP contribution in [0.5, 0.6) is 0 Å². The zero-order valence-electron chi connectivity index (χ0n) is 27.0. The molecule has 3 nitrogen and oxygen atoms in total. The summed E-state index contributed by atoms with van der Waals surface area (Å²) in [4.78, 5) is 17.6. The number of aromatic nitrogens is 3. The van der Waals surface area contributed by atoms with Gasteiger partial charge in [-0.3, -0.25) is 4.98 Å². The first-order chi connectivity index (χ1) is 24.8. The van der Waals surface area contributed by atoms with E-state index in [1.165, 1.54) is 43.2 Å². The van der Waals surface area contributed by atoms with Crippen LogP contribution in [0.1, 0.15) is 22.3 Å². The Labute approximate surface area is 295 Å². The fourth-order valence-electron chi connectivity index (χ4n) is 7.92. The van der Waals surface area contributed by atoms with E-state index in [1.807, 2.05) is 60.4 Å². The molecule has 0 radical (unpaired) electrons. The first kappa shape index (κ1) is 28.9. The van der Waals surface area contributed by atoms with E-state index >= 15 is 0 Å². The smallest absolute Gasteiger partial charge is 0.161 e. The van der Waals surface area contributed by atoms with Gasteiger partial charge in [0.2, 0.25) is 0 Å². The van der Waals surface area contributed by atoms with Gasteiger partial charge in [0.15, 0.2) is 5.82 Å². The van der Waals surface area contributed by atoms with Gasteiger partial charge in [0.05, 0.1) is 22.5 Å². The molecular formula is C46H29N3S. The predicted octanol–water partition coefficient (Wildman–Crippen LogP) is 11.4. The summed E-state index contributed by atoms with van der Waals surface area (Å²) in [5, 5.41) is 0. The molecule has 0 fully saturated rings. The van der Waals surface area contributed by atoms with E-state index in [0.717, 1.165) is 39.3 Å². The number of fused-ring (bicyclic) bond motifs is 9. The zero-order chi connectivity index (χ0) is 33.1. The van der Waals surface area contributed by atoms with Gasteiger partial charge < -0.3 is 0 Å². The van der Waals surface area contributed by atoms with Gasteiger partial charge in [0, 0.05) is 27.1 Å². The fourth-order valence-corrected chi connectivity index (χ4v) is 9.10. The van der Waals surface area contributed by atoms with Gasteiger partial charge >= 0.3 is 0 Å². The number of hydrogen-bond acceptors (Lipinski definition) is 4. The lowest BCUT2D eigenvalue weighted by molar-refractivity contribution is 0.723. The predicted molar refractivity (Wildman–Crippen MR) is 203 cm³/mol. The lowest BCUT2D eigenvalue weighted by atomic mass is 9.67. The number of rotatable bonds is 4. The SMILES string of the molecule is c1ccc(-c2cc(-c3ccccn3)nc(-c3ccccc3-c3ccc4c(c3)C3(c5ccccc5S4)c4ccccc4-c4ccccc43)n2)cc1. The molecule has 10 rings (SSSR count). The van der Waals surface area contributed by atoms with Crippen molar-refractivity contribution in [2.45, 2.75) is 15.2 Å². The van der Waals surface area contributed by atoms with Crippen LogP contribution >= 0.6 is 11.8 Å². The molecule has 0 saturated carbocycles. The Bertz CT molecular complexity index is 2480. The van der Waals surface area contributed by atoms with Crippen molar-refractivity contribution in [3.05, 3.63) is 198 Å². The molecule has 0 atom stereocenters. The van der Waals surface area contributed by atoms with E-state index in [4.69, 9.17) is 9.97 Å². The number of pyridine rings is 1. The molecule has 1 spiro atoms. The molecule has 1 aliphatic carbocycles. The van der Waals surface area contributed by atoms with Crippen molar-refractivity contribution in [1.29, 1.82) is 0 Å². The minimum absolute atomic E-state index is 0.439. The summed E-state index contributed by atoms with van der Waals surface area (Å²) < 4.78 is 0. The van der Waals surface area contributed by atoms with Crippen molar-refractivity contribution in [2.24, 2.45) is 0 Å². The van der Waals surface area contributed by atoms with Gasteiger partial charge in [-0.15, -0.1) is 0 Å². The third kappa shape index (κ3) is 4.35. The highest BCUT2D eigenvalue weighted by Gasteiger charge is 2.50. The molecule has 2 aromatic heterocycles. The molecule has 2 aliphatic rings. The zero-order valence-corrected chi connectivity index (χ0v) is 27.8. The second-order valence-corrected chi connectivity index (χ2v) is 13.8. The van der Waals surface area contributed by atoms with Crippen molar-refractivity contribution in [2.75, 3.05) is 0 Å². The molecular weight excluding hydrogens is 627 g/mol. The van der Waals surface area contributed by atoms with Crippen LogP contribution in [0.2, 0.25) is 0 Å². The molecule has 234 valence electrons. The molecule has 4 heteroatoms. The molecule has 1 aliphatic heterocycles. The molecule has 0 bridgehead atoms. The third-order valence-corrected chi connectivity index (χ3v) is 11.2. The Morgan fingerprint density at radius 2 is 0.980 bits per heavy atom. The molecule has 0 amide bonds. The average molecular weight is 656 g/mol. The monoisotopic (exact) mass is 655 g/mol. The van der Waals surface area contributed by atoms with Crippen molar-refractivity contribution in [3.63, 3.8) is 0 Å². The highest BCUT2D eigenvalue weighted by Crippen LogP contribution is 2.62. The normalized spacial score (nSPS) is 13.3. The van der Waals surface area contributed by atoms with Crippen molar-refractivity contribution < 1.29 is 0 Å².